The Labute approximate surface area is 104 Å². The minimum absolute atomic E-state index is 0.804. The second-order valence-corrected chi connectivity index (χ2v) is 4.88. The molecule has 0 aliphatic carbocycles. The predicted molar refractivity (Wildman–Crippen MR) is 70.1 cm³/mol. The third kappa shape index (κ3) is 3.40. The molecule has 0 bridgehead atoms. The first-order valence-electron chi connectivity index (χ1n) is 6.54. The smallest absolute Gasteiger partial charge is 0.151 e. The molecule has 0 saturated carbocycles. The second-order valence-electron chi connectivity index (χ2n) is 4.88. The van der Waals surface area contributed by atoms with Crippen molar-refractivity contribution in [1.29, 1.82) is 0 Å². The van der Waals surface area contributed by atoms with Gasteiger partial charge in [-0.3, -0.25) is 4.90 Å². The van der Waals surface area contributed by atoms with E-state index in [2.05, 4.69) is 33.8 Å². The van der Waals surface area contributed by atoms with Gasteiger partial charge in [0.25, 0.3) is 0 Å². The van der Waals surface area contributed by atoms with Crippen LogP contribution in [0.3, 0.4) is 0 Å². The highest BCUT2D eigenvalue weighted by atomic mass is 15.3. The highest BCUT2D eigenvalue weighted by Crippen LogP contribution is 2.13. The summed E-state index contributed by atoms with van der Waals surface area (Å²) in [5, 5.41) is 8.10. The van der Waals surface area contributed by atoms with Crippen LogP contribution in [0.1, 0.15) is 20.3 Å². The topological polar surface area (TPSA) is 32.3 Å². The van der Waals surface area contributed by atoms with Crippen molar-refractivity contribution < 1.29 is 0 Å². The molecule has 4 heteroatoms. The predicted octanol–water partition coefficient (Wildman–Crippen LogP) is 1.64. The molecule has 0 spiro atoms. The molecule has 0 N–H and O–H groups in total. The Morgan fingerprint density at radius 3 is 2.65 bits per heavy atom. The summed E-state index contributed by atoms with van der Waals surface area (Å²) in [5.74, 6) is 1.81. The minimum Gasteiger partial charge on any atom is -0.353 e. The normalized spacial score (nSPS) is 19.3. The molecule has 1 atom stereocenters. The van der Waals surface area contributed by atoms with Gasteiger partial charge >= 0.3 is 0 Å². The summed E-state index contributed by atoms with van der Waals surface area (Å²) in [4.78, 5) is 4.88. The van der Waals surface area contributed by atoms with Crippen LogP contribution in [0.25, 0.3) is 0 Å². The fraction of sp³-hybridized carbons (Fsp3) is 0.692. The molecule has 0 amide bonds. The second kappa shape index (κ2) is 5.96. The fourth-order valence-corrected chi connectivity index (χ4v) is 2.19. The van der Waals surface area contributed by atoms with Gasteiger partial charge in [0, 0.05) is 38.9 Å². The molecule has 0 unspecified atom stereocenters. The fourth-order valence-electron chi connectivity index (χ4n) is 2.19. The average Bonchev–Trinajstić information content (AvgIpc) is 2.40. The lowest BCUT2D eigenvalue weighted by Crippen LogP contribution is -2.47. The maximum atomic E-state index is 4.16. The quantitative estimate of drug-likeness (QED) is 0.793. The van der Waals surface area contributed by atoms with Crippen LogP contribution in [-0.4, -0.2) is 47.8 Å². The summed E-state index contributed by atoms with van der Waals surface area (Å²) >= 11 is 0. The van der Waals surface area contributed by atoms with E-state index < -0.39 is 0 Å². The average molecular weight is 234 g/mol. The summed E-state index contributed by atoms with van der Waals surface area (Å²) in [5.41, 5.74) is 0. The lowest BCUT2D eigenvalue weighted by Gasteiger charge is -2.36. The van der Waals surface area contributed by atoms with Crippen LogP contribution in [0.2, 0.25) is 0 Å². The summed E-state index contributed by atoms with van der Waals surface area (Å²) < 4.78 is 0. The largest absolute Gasteiger partial charge is 0.353 e. The summed E-state index contributed by atoms with van der Waals surface area (Å²) in [6.07, 6.45) is 2.99. The molecule has 1 saturated heterocycles. The number of hydrogen-bond acceptors (Lipinski definition) is 4. The van der Waals surface area contributed by atoms with Gasteiger partial charge in [-0.15, -0.1) is 5.10 Å². The number of rotatable bonds is 4. The zero-order valence-electron chi connectivity index (χ0n) is 10.8. The molecule has 2 rings (SSSR count). The van der Waals surface area contributed by atoms with E-state index in [1.54, 1.807) is 6.20 Å². The van der Waals surface area contributed by atoms with Gasteiger partial charge in [0.15, 0.2) is 5.82 Å². The summed E-state index contributed by atoms with van der Waals surface area (Å²) in [6, 6.07) is 3.99. The van der Waals surface area contributed by atoms with Gasteiger partial charge in [0.05, 0.1) is 0 Å². The lowest BCUT2D eigenvalue weighted by atomic mass is 10.1. The van der Waals surface area contributed by atoms with Gasteiger partial charge in [0.1, 0.15) is 0 Å². The Balaban J connectivity index is 1.82. The summed E-state index contributed by atoms with van der Waals surface area (Å²) in [6.45, 7) is 10.2. The number of nitrogens with zero attached hydrogens (tertiary/aromatic N) is 4. The Hall–Kier alpha value is -1.16. The van der Waals surface area contributed by atoms with Crippen LogP contribution in [0, 0.1) is 5.92 Å². The van der Waals surface area contributed by atoms with Crippen molar-refractivity contribution in [3.63, 3.8) is 0 Å². The Morgan fingerprint density at radius 1 is 1.29 bits per heavy atom. The maximum Gasteiger partial charge on any atom is 0.151 e. The van der Waals surface area contributed by atoms with Crippen molar-refractivity contribution in [1.82, 2.24) is 15.1 Å². The van der Waals surface area contributed by atoms with Gasteiger partial charge in [-0.05, 0) is 18.1 Å². The van der Waals surface area contributed by atoms with Crippen LogP contribution >= 0.6 is 0 Å². The Bertz CT molecular complexity index is 319. The molecule has 1 aliphatic rings. The molecule has 4 nitrogen and oxygen atoms in total. The first-order chi connectivity index (χ1) is 8.29. The van der Waals surface area contributed by atoms with Gasteiger partial charge in [-0.25, -0.2) is 0 Å². The van der Waals surface area contributed by atoms with E-state index in [9.17, 15) is 0 Å². The molecule has 2 heterocycles. The molecule has 1 fully saturated rings. The van der Waals surface area contributed by atoms with E-state index >= 15 is 0 Å². The third-order valence-corrected chi connectivity index (χ3v) is 3.52. The van der Waals surface area contributed by atoms with Crippen LogP contribution in [0.4, 0.5) is 5.82 Å². The zero-order valence-corrected chi connectivity index (χ0v) is 10.8. The van der Waals surface area contributed by atoms with E-state index in [4.69, 9.17) is 0 Å². The molecule has 0 aromatic carbocycles. The summed E-state index contributed by atoms with van der Waals surface area (Å²) in [7, 11) is 0. The van der Waals surface area contributed by atoms with Crippen LogP contribution in [-0.2, 0) is 0 Å². The van der Waals surface area contributed by atoms with E-state index in [0.717, 1.165) is 37.9 Å². The van der Waals surface area contributed by atoms with Crippen molar-refractivity contribution in [3.05, 3.63) is 18.3 Å². The van der Waals surface area contributed by atoms with Crippen molar-refractivity contribution in [3.8, 4) is 0 Å². The SMILES string of the molecule is CC[C@@H](C)CN1CCN(c2cccnn2)CC1. The minimum atomic E-state index is 0.804. The first-order valence-corrected chi connectivity index (χ1v) is 6.54. The van der Waals surface area contributed by atoms with E-state index in [0.29, 0.717) is 0 Å². The molecular weight excluding hydrogens is 212 g/mol. The van der Waals surface area contributed by atoms with Crippen LogP contribution < -0.4 is 4.90 Å². The van der Waals surface area contributed by atoms with Crippen molar-refractivity contribution in [2.24, 2.45) is 5.92 Å². The van der Waals surface area contributed by atoms with Crippen molar-refractivity contribution in [2.45, 2.75) is 20.3 Å². The molecule has 1 aromatic rings. The molecule has 1 aromatic heterocycles. The van der Waals surface area contributed by atoms with Crippen LogP contribution in [0.5, 0.6) is 0 Å². The number of piperazine rings is 1. The van der Waals surface area contributed by atoms with Gasteiger partial charge < -0.3 is 4.90 Å². The van der Waals surface area contributed by atoms with E-state index in [-0.39, 0.29) is 0 Å². The van der Waals surface area contributed by atoms with Gasteiger partial charge in [-0.1, -0.05) is 20.3 Å². The van der Waals surface area contributed by atoms with Gasteiger partial charge in [-0.2, -0.15) is 5.10 Å². The lowest BCUT2D eigenvalue weighted by molar-refractivity contribution is 0.222. The van der Waals surface area contributed by atoms with E-state index in [1.807, 2.05) is 12.1 Å². The van der Waals surface area contributed by atoms with Gasteiger partial charge in [0.2, 0.25) is 0 Å². The monoisotopic (exact) mass is 234 g/mol. The highest BCUT2D eigenvalue weighted by molar-refractivity contribution is 5.36. The third-order valence-electron chi connectivity index (χ3n) is 3.52. The maximum absolute atomic E-state index is 4.16. The van der Waals surface area contributed by atoms with E-state index in [1.165, 1.54) is 13.0 Å². The standard InChI is InChI=1S/C13H22N4/c1-3-12(2)11-16-7-9-17(10-8-16)13-5-4-6-14-15-13/h4-6,12H,3,7-11H2,1-2H3/t12-/m1/s1. The highest BCUT2D eigenvalue weighted by Gasteiger charge is 2.18. The molecule has 94 valence electrons. The number of anilines is 1. The molecule has 17 heavy (non-hydrogen) atoms. The Morgan fingerprint density at radius 2 is 2.06 bits per heavy atom. The van der Waals surface area contributed by atoms with Crippen LogP contribution in [0.15, 0.2) is 18.3 Å². The molecule has 1 aliphatic heterocycles. The number of aromatic nitrogens is 2. The first kappa shape index (κ1) is 12.3. The zero-order chi connectivity index (χ0) is 12.1. The van der Waals surface area contributed by atoms with Crippen molar-refractivity contribution >= 4 is 5.82 Å². The number of hydrogen-bond donors (Lipinski definition) is 0. The molecule has 0 radical (unpaired) electrons. The van der Waals surface area contributed by atoms with Crippen molar-refractivity contribution in [2.75, 3.05) is 37.6 Å². The molecular formula is C13H22N4. The Kier molecular flexibility index (Phi) is 4.31.